The molecule has 0 aliphatic rings. The molecular formula is C18H24N4O2. The highest BCUT2D eigenvalue weighted by Crippen LogP contribution is 2.20. The fraction of sp³-hybridized carbons (Fsp3) is 0.333. The van der Waals surface area contributed by atoms with E-state index in [1.54, 1.807) is 14.2 Å². The smallest absolute Gasteiger partial charge is 0.218 e. The zero-order valence-electron chi connectivity index (χ0n) is 14.6. The number of para-hydroxylation sites is 1. The number of pyridine rings is 1. The van der Waals surface area contributed by atoms with Gasteiger partial charge in [0.2, 0.25) is 5.88 Å². The highest BCUT2D eigenvalue weighted by atomic mass is 16.5. The predicted octanol–water partition coefficient (Wildman–Crippen LogP) is 2.32. The number of nitrogens with two attached hydrogens (primary N) is 1. The van der Waals surface area contributed by atoms with E-state index in [-0.39, 0.29) is 0 Å². The van der Waals surface area contributed by atoms with E-state index in [0.717, 1.165) is 28.1 Å². The number of benzene rings is 1. The molecule has 0 saturated carbocycles. The molecule has 0 radical (unpaired) electrons. The second-order valence-corrected chi connectivity index (χ2v) is 5.44. The maximum Gasteiger partial charge on any atom is 0.218 e. The van der Waals surface area contributed by atoms with Crippen molar-refractivity contribution in [1.82, 2.24) is 10.3 Å². The molecule has 1 aromatic heterocycles. The van der Waals surface area contributed by atoms with Gasteiger partial charge in [0, 0.05) is 23.4 Å². The van der Waals surface area contributed by atoms with Gasteiger partial charge in [-0.05, 0) is 31.5 Å². The van der Waals surface area contributed by atoms with Gasteiger partial charge >= 0.3 is 0 Å². The first kappa shape index (κ1) is 17.6. The second-order valence-electron chi connectivity index (χ2n) is 5.44. The molecule has 1 heterocycles. The van der Waals surface area contributed by atoms with Crippen LogP contribution in [0.15, 0.2) is 35.3 Å². The van der Waals surface area contributed by atoms with Crippen LogP contribution in [0.3, 0.4) is 0 Å². The van der Waals surface area contributed by atoms with E-state index in [1.807, 2.05) is 44.2 Å². The van der Waals surface area contributed by atoms with E-state index < -0.39 is 0 Å². The van der Waals surface area contributed by atoms with Crippen molar-refractivity contribution in [3.8, 4) is 11.6 Å². The van der Waals surface area contributed by atoms with Crippen LogP contribution in [-0.2, 0) is 13.1 Å². The summed E-state index contributed by atoms with van der Waals surface area (Å²) in [4.78, 5) is 8.75. The average Bonchev–Trinajstić information content (AvgIpc) is 2.58. The van der Waals surface area contributed by atoms with E-state index in [1.165, 1.54) is 0 Å². The Morgan fingerprint density at radius 2 is 1.96 bits per heavy atom. The number of hydrogen-bond donors (Lipinski definition) is 2. The Labute approximate surface area is 142 Å². The van der Waals surface area contributed by atoms with Crippen molar-refractivity contribution >= 4 is 5.96 Å². The number of rotatable bonds is 6. The van der Waals surface area contributed by atoms with Crippen molar-refractivity contribution in [3.05, 3.63) is 52.7 Å². The van der Waals surface area contributed by atoms with E-state index in [0.29, 0.717) is 24.9 Å². The Morgan fingerprint density at radius 3 is 2.67 bits per heavy atom. The molecule has 0 saturated heterocycles. The molecule has 6 heteroatoms. The standard InChI is InChI=1S/C18H24N4O2/c1-12-9-13(2)22-17(24-4)15(12)11-21-18(19)20-10-14-7-5-6-8-16(14)23-3/h5-9H,10-11H2,1-4H3,(H3,19,20,21). The minimum absolute atomic E-state index is 0.364. The number of nitrogens with one attached hydrogen (secondary N) is 1. The molecule has 0 aliphatic heterocycles. The fourth-order valence-electron chi connectivity index (χ4n) is 2.45. The van der Waals surface area contributed by atoms with E-state index in [9.17, 15) is 0 Å². The molecule has 2 aromatic rings. The van der Waals surface area contributed by atoms with Crippen LogP contribution in [0.1, 0.15) is 22.4 Å². The number of aliphatic imine (C=N–C) groups is 1. The second kappa shape index (κ2) is 8.19. The Morgan fingerprint density at radius 1 is 1.21 bits per heavy atom. The van der Waals surface area contributed by atoms with Crippen molar-refractivity contribution in [1.29, 1.82) is 0 Å². The highest BCUT2D eigenvalue weighted by molar-refractivity contribution is 5.78. The number of guanidine groups is 1. The zero-order valence-corrected chi connectivity index (χ0v) is 14.6. The molecule has 128 valence electrons. The lowest BCUT2D eigenvalue weighted by Crippen LogP contribution is -2.31. The maximum absolute atomic E-state index is 5.97. The molecule has 1 aromatic carbocycles. The molecule has 6 nitrogen and oxygen atoms in total. The van der Waals surface area contributed by atoms with Crippen LogP contribution in [0.2, 0.25) is 0 Å². The molecule has 0 unspecified atom stereocenters. The van der Waals surface area contributed by atoms with Crippen LogP contribution >= 0.6 is 0 Å². The number of nitrogens with zero attached hydrogens (tertiary/aromatic N) is 2. The van der Waals surface area contributed by atoms with Crippen LogP contribution in [0.4, 0.5) is 0 Å². The highest BCUT2D eigenvalue weighted by Gasteiger charge is 2.09. The summed E-state index contributed by atoms with van der Waals surface area (Å²) in [7, 11) is 3.26. The third-order valence-corrected chi connectivity index (χ3v) is 3.69. The number of hydrogen-bond acceptors (Lipinski definition) is 4. The molecule has 0 atom stereocenters. The first-order valence-corrected chi connectivity index (χ1v) is 7.72. The summed E-state index contributed by atoms with van der Waals surface area (Å²) < 4.78 is 10.7. The largest absolute Gasteiger partial charge is 0.496 e. The molecule has 0 bridgehead atoms. The van der Waals surface area contributed by atoms with E-state index in [2.05, 4.69) is 15.3 Å². The van der Waals surface area contributed by atoms with Gasteiger partial charge in [-0.3, -0.25) is 0 Å². The van der Waals surface area contributed by atoms with Gasteiger partial charge in [0.15, 0.2) is 5.96 Å². The Hall–Kier alpha value is -2.76. The van der Waals surface area contributed by atoms with Crippen molar-refractivity contribution in [2.75, 3.05) is 14.2 Å². The number of methoxy groups -OCH3 is 2. The molecule has 0 aliphatic carbocycles. The Kier molecular flexibility index (Phi) is 6.01. The topological polar surface area (TPSA) is 81.8 Å². The van der Waals surface area contributed by atoms with Crippen LogP contribution in [-0.4, -0.2) is 25.2 Å². The van der Waals surface area contributed by atoms with Crippen LogP contribution < -0.4 is 20.5 Å². The summed E-state index contributed by atoms with van der Waals surface area (Å²) in [6, 6.07) is 9.76. The SMILES string of the molecule is COc1ccccc1CN=C(N)NCc1c(C)cc(C)nc1OC. The number of aromatic nitrogens is 1. The summed E-state index contributed by atoms with van der Waals surface area (Å²) in [6.45, 7) is 4.92. The van der Waals surface area contributed by atoms with Gasteiger partial charge in [0.25, 0.3) is 0 Å². The van der Waals surface area contributed by atoms with Gasteiger partial charge in [-0.15, -0.1) is 0 Å². The quantitative estimate of drug-likeness (QED) is 0.628. The molecule has 3 N–H and O–H groups in total. The van der Waals surface area contributed by atoms with E-state index in [4.69, 9.17) is 15.2 Å². The Bertz CT molecular complexity index is 729. The minimum atomic E-state index is 0.364. The molecule has 0 spiro atoms. The molecule has 0 amide bonds. The fourth-order valence-corrected chi connectivity index (χ4v) is 2.45. The van der Waals surface area contributed by atoms with Crippen LogP contribution in [0.5, 0.6) is 11.6 Å². The zero-order chi connectivity index (χ0) is 17.5. The monoisotopic (exact) mass is 328 g/mol. The van der Waals surface area contributed by atoms with Crippen molar-refractivity contribution in [2.45, 2.75) is 26.9 Å². The molecule has 2 rings (SSSR count). The van der Waals surface area contributed by atoms with Crippen molar-refractivity contribution in [2.24, 2.45) is 10.7 Å². The third kappa shape index (κ3) is 4.38. The third-order valence-electron chi connectivity index (χ3n) is 3.69. The number of aryl methyl sites for hydroxylation is 2. The molecular weight excluding hydrogens is 304 g/mol. The summed E-state index contributed by atoms with van der Waals surface area (Å²) >= 11 is 0. The Balaban J connectivity index is 2.04. The van der Waals surface area contributed by atoms with Gasteiger partial charge in [0.05, 0.1) is 20.8 Å². The molecule has 24 heavy (non-hydrogen) atoms. The maximum atomic E-state index is 5.97. The summed E-state index contributed by atoms with van der Waals surface area (Å²) in [6.07, 6.45) is 0. The lowest BCUT2D eigenvalue weighted by Gasteiger charge is -2.13. The minimum Gasteiger partial charge on any atom is -0.496 e. The normalized spacial score (nSPS) is 11.2. The molecule has 0 fully saturated rings. The lowest BCUT2D eigenvalue weighted by molar-refractivity contribution is 0.390. The lowest BCUT2D eigenvalue weighted by atomic mass is 10.1. The van der Waals surface area contributed by atoms with Crippen molar-refractivity contribution in [3.63, 3.8) is 0 Å². The summed E-state index contributed by atoms with van der Waals surface area (Å²) in [5.41, 5.74) is 9.95. The van der Waals surface area contributed by atoms with Gasteiger partial charge in [-0.2, -0.15) is 0 Å². The van der Waals surface area contributed by atoms with Gasteiger partial charge in [0.1, 0.15) is 5.75 Å². The van der Waals surface area contributed by atoms with Crippen LogP contribution in [0.25, 0.3) is 0 Å². The van der Waals surface area contributed by atoms with Gasteiger partial charge in [-0.1, -0.05) is 18.2 Å². The summed E-state index contributed by atoms with van der Waals surface area (Å²) in [5.74, 6) is 1.77. The average molecular weight is 328 g/mol. The predicted molar refractivity (Wildman–Crippen MR) is 95.4 cm³/mol. The van der Waals surface area contributed by atoms with Gasteiger partial charge < -0.3 is 20.5 Å². The van der Waals surface area contributed by atoms with Crippen LogP contribution in [0, 0.1) is 13.8 Å². The van der Waals surface area contributed by atoms with E-state index >= 15 is 0 Å². The summed E-state index contributed by atoms with van der Waals surface area (Å²) in [5, 5.41) is 3.11. The van der Waals surface area contributed by atoms with Crippen molar-refractivity contribution < 1.29 is 9.47 Å². The first-order chi connectivity index (χ1) is 11.5. The first-order valence-electron chi connectivity index (χ1n) is 7.72. The number of ether oxygens (including phenoxy) is 2. The van der Waals surface area contributed by atoms with Gasteiger partial charge in [-0.25, -0.2) is 9.98 Å².